The summed E-state index contributed by atoms with van der Waals surface area (Å²) in [4.78, 5) is 61.7. The molecule has 1 atom stereocenters. The molecule has 0 aliphatic heterocycles. The van der Waals surface area contributed by atoms with Crippen LogP contribution in [0.5, 0.6) is 17.2 Å². The maximum absolute atomic E-state index is 12.9. The number of carbonyl (C=O) groups is 5. The third-order valence-electron chi connectivity index (χ3n) is 6.00. The first-order valence-corrected chi connectivity index (χ1v) is 15.3. The molecule has 1 unspecified atom stereocenters. The topological polar surface area (TPSA) is 226 Å². The number of benzene rings is 2. The number of aryl methyl sites for hydroxylation is 1. The van der Waals surface area contributed by atoms with E-state index in [1.165, 1.54) is 18.2 Å². The second-order valence-corrected chi connectivity index (χ2v) is 12.8. The van der Waals surface area contributed by atoms with E-state index in [1.54, 1.807) is 47.6 Å². The Hall–Kier alpha value is -5.55. The molecule has 6 N–H and O–H groups in total. The van der Waals surface area contributed by atoms with Crippen LogP contribution in [-0.2, 0) is 39.8 Å². The summed E-state index contributed by atoms with van der Waals surface area (Å²) >= 11 is 0. The quantitative estimate of drug-likeness (QED) is 0.0466. The van der Waals surface area contributed by atoms with Gasteiger partial charge in [-0.25, -0.2) is 14.4 Å². The minimum Gasteiger partial charge on any atom is -0.504 e. The van der Waals surface area contributed by atoms with Crippen molar-refractivity contribution in [3.63, 3.8) is 0 Å². The fourth-order valence-corrected chi connectivity index (χ4v) is 4.10. The van der Waals surface area contributed by atoms with Crippen molar-refractivity contribution in [2.45, 2.75) is 84.2 Å². The van der Waals surface area contributed by atoms with E-state index in [2.05, 4.69) is 15.4 Å². The fraction of sp³-hybridized carbons (Fsp3) is 0.455. The van der Waals surface area contributed by atoms with Gasteiger partial charge in [-0.3, -0.25) is 15.0 Å². The molecule has 0 aromatic heterocycles. The van der Waals surface area contributed by atoms with Crippen LogP contribution in [0.1, 0.15) is 70.3 Å². The summed E-state index contributed by atoms with van der Waals surface area (Å²) in [6.45, 7) is 9.15. The molecule has 15 nitrogen and oxygen atoms in total. The molecular formula is C33H41F3N4O11. The molecule has 51 heavy (non-hydrogen) atoms. The number of nitrogens with one attached hydrogen (secondary N) is 3. The number of ether oxygens (including phenoxy) is 5. The summed E-state index contributed by atoms with van der Waals surface area (Å²) in [7, 11) is 0. The van der Waals surface area contributed by atoms with E-state index in [9.17, 15) is 42.3 Å². The first-order chi connectivity index (χ1) is 23.4. The van der Waals surface area contributed by atoms with E-state index >= 15 is 0 Å². The Morgan fingerprint density at radius 1 is 0.922 bits per heavy atom. The Labute approximate surface area is 291 Å². The summed E-state index contributed by atoms with van der Waals surface area (Å²) in [5.74, 6) is -7.82. The molecule has 18 heteroatoms. The highest BCUT2D eigenvalue weighted by Gasteiger charge is 2.43. The molecule has 0 spiro atoms. The number of anilines is 1. The Bertz CT molecular complexity index is 1620. The summed E-state index contributed by atoms with van der Waals surface area (Å²) in [6.07, 6.45) is -6.14. The van der Waals surface area contributed by atoms with Crippen molar-refractivity contribution < 1.29 is 65.9 Å². The van der Waals surface area contributed by atoms with Gasteiger partial charge >= 0.3 is 30.1 Å². The predicted octanol–water partition coefficient (Wildman–Crippen LogP) is 3.89. The summed E-state index contributed by atoms with van der Waals surface area (Å²) in [5, 5.41) is 22.7. The van der Waals surface area contributed by atoms with Gasteiger partial charge in [-0.1, -0.05) is 12.1 Å². The van der Waals surface area contributed by atoms with Crippen molar-refractivity contribution in [3.05, 3.63) is 47.5 Å². The van der Waals surface area contributed by atoms with E-state index in [0.717, 1.165) is 12.1 Å². The van der Waals surface area contributed by atoms with E-state index in [1.807, 2.05) is 0 Å². The normalized spacial score (nSPS) is 12.2. The predicted molar refractivity (Wildman–Crippen MR) is 174 cm³/mol. The number of rotatable bonds is 14. The van der Waals surface area contributed by atoms with Gasteiger partial charge in [-0.05, 0) is 71.7 Å². The minimum atomic E-state index is -5.43. The Balaban J connectivity index is 2.14. The van der Waals surface area contributed by atoms with Crippen LogP contribution in [0, 0.1) is 5.41 Å². The largest absolute Gasteiger partial charge is 0.504 e. The average molecular weight is 727 g/mol. The molecule has 0 radical (unpaired) electrons. The van der Waals surface area contributed by atoms with Crippen molar-refractivity contribution in [2.24, 2.45) is 5.73 Å². The number of guanidine groups is 1. The van der Waals surface area contributed by atoms with E-state index in [4.69, 9.17) is 30.1 Å². The number of nitrogens with two attached hydrogens (primary N) is 1. The zero-order valence-corrected chi connectivity index (χ0v) is 28.8. The van der Waals surface area contributed by atoms with Gasteiger partial charge in [0.15, 0.2) is 17.5 Å². The van der Waals surface area contributed by atoms with Crippen molar-refractivity contribution >= 4 is 41.4 Å². The lowest BCUT2D eigenvalue weighted by Gasteiger charge is -2.25. The molecule has 2 aromatic rings. The SMILES string of the molecule is CC(C)(C)OC(=O)CC(NC(=O)CCc1cccc(O)c1OCCOc1cc(NC(=N)N)ccc1C(=O)OC(=O)C(F)(F)F)C(=O)OC(C)(C)C. The molecule has 280 valence electrons. The van der Waals surface area contributed by atoms with Gasteiger partial charge in [0.2, 0.25) is 5.91 Å². The molecule has 0 bridgehead atoms. The summed E-state index contributed by atoms with van der Waals surface area (Å²) < 4.78 is 63.6. The van der Waals surface area contributed by atoms with Crippen LogP contribution in [0.4, 0.5) is 18.9 Å². The van der Waals surface area contributed by atoms with Crippen LogP contribution in [0.15, 0.2) is 36.4 Å². The number of phenols is 1. The monoisotopic (exact) mass is 726 g/mol. The maximum atomic E-state index is 12.9. The molecule has 0 fully saturated rings. The van der Waals surface area contributed by atoms with Crippen molar-refractivity contribution in [1.82, 2.24) is 5.32 Å². The highest BCUT2D eigenvalue weighted by Crippen LogP contribution is 2.31. The number of para-hydroxylation sites is 1. The third kappa shape index (κ3) is 14.8. The highest BCUT2D eigenvalue weighted by molar-refractivity contribution is 6.01. The van der Waals surface area contributed by atoms with E-state index < -0.39 is 71.1 Å². The lowest BCUT2D eigenvalue weighted by atomic mass is 10.1. The number of amides is 1. The molecule has 0 saturated heterocycles. The number of alkyl halides is 3. The van der Waals surface area contributed by atoms with Crippen molar-refractivity contribution in [1.29, 1.82) is 5.41 Å². The van der Waals surface area contributed by atoms with Crippen LogP contribution in [0.25, 0.3) is 0 Å². The number of aromatic hydroxyl groups is 1. The van der Waals surface area contributed by atoms with Crippen LogP contribution in [0.3, 0.4) is 0 Å². The lowest BCUT2D eigenvalue weighted by molar-refractivity contribution is -0.193. The number of esters is 4. The highest BCUT2D eigenvalue weighted by atomic mass is 19.4. The van der Waals surface area contributed by atoms with E-state index in [0.29, 0.717) is 5.56 Å². The Morgan fingerprint density at radius 2 is 1.55 bits per heavy atom. The average Bonchev–Trinajstić information content (AvgIpc) is 2.96. The molecular weight excluding hydrogens is 685 g/mol. The van der Waals surface area contributed by atoms with Gasteiger partial charge in [0.25, 0.3) is 0 Å². The van der Waals surface area contributed by atoms with Gasteiger partial charge in [0.1, 0.15) is 41.8 Å². The smallest absolute Gasteiger partial charge is 0.491 e. The molecule has 2 rings (SSSR count). The zero-order valence-electron chi connectivity index (χ0n) is 28.8. The van der Waals surface area contributed by atoms with Crippen LogP contribution in [0.2, 0.25) is 0 Å². The number of hydrogen-bond acceptors (Lipinski definition) is 12. The Kier molecular flexibility index (Phi) is 14.2. The second kappa shape index (κ2) is 17.4. The fourth-order valence-electron chi connectivity index (χ4n) is 4.10. The van der Waals surface area contributed by atoms with E-state index in [-0.39, 0.29) is 49.0 Å². The molecule has 2 aromatic carbocycles. The number of halogens is 3. The molecule has 0 aliphatic rings. The van der Waals surface area contributed by atoms with Crippen LogP contribution in [-0.4, -0.2) is 77.5 Å². The first-order valence-electron chi connectivity index (χ1n) is 15.3. The van der Waals surface area contributed by atoms with Crippen LogP contribution < -0.4 is 25.8 Å². The number of phenolic OH excluding ortho intramolecular Hbond substituents is 1. The number of hydrogen-bond donors (Lipinski definition) is 5. The second-order valence-electron chi connectivity index (χ2n) is 12.8. The van der Waals surface area contributed by atoms with Gasteiger partial charge in [0.05, 0.1) is 6.42 Å². The maximum Gasteiger partial charge on any atom is 0.491 e. The standard InChI is InChI=1S/C33H41F3N4O11/c1-31(2,3)50-25(43)17-21(28(45)51-32(4,5)6)40-24(42)13-10-18-8-7-9-22(41)26(18)48-15-14-47-23-16-19(39-30(37)38)11-12-20(23)27(44)49-29(46)33(34,35)36/h7-9,11-12,16,21,41H,10,13-15,17H2,1-6H3,(H,40,42)(H4,37,38,39). The molecule has 1 amide bonds. The van der Waals surface area contributed by atoms with Gasteiger partial charge in [-0.2, -0.15) is 13.2 Å². The summed E-state index contributed by atoms with van der Waals surface area (Å²) in [5.41, 5.74) is 3.46. The molecule has 0 heterocycles. The Morgan fingerprint density at radius 3 is 2.14 bits per heavy atom. The first kappa shape index (κ1) is 41.6. The van der Waals surface area contributed by atoms with Crippen molar-refractivity contribution in [3.8, 4) is 17.2 Å². The van der Waals surface area contributed by atoms with Crippen LogP contribution >= 0.6 is 0 Å². The minimum absolute atomic E-state index is 0.00805. The van der Waals surface area contributed by atoms with Gasteiger partial charge in [-0.15, -0.1) is 0 Å². The molecule has 0 aliphatic carbocycles. The van der Waals surface area contributed by atoms with Gasteiger partial charge < -0.3 is 45.2 Å². The summed E-state index contributed by atoms with van der Waals surface area (Å²) in [6, 6.07) is 6.29. The zero-order chi connectivity index (χ0) is 38.7. The van der Waals surface area contributed by atoms with Gasteiger partial charge in [0, 0.05) is 18.2 Å². The number of carbonyl (C=O) groups excluding carboxylic acids is 5. The lowest BCUT2D eigenvalue weighted by Crippen LogP contribution is -2.46. The third-order valence-corrected chi connectivity index (χ3v) is 6.00. The van der Waals surface area contributed by atoms with Crippen molar-refractivity contribution in [2.75, 3.05) is 18.5 Å². The molecule has 0 saturated carbocycles.